The van der Waals surface area contributed by atoms with Crippen LogP contribution in [0.25, 0.3) is 0 Å². The Labute approximate surface area is 243 Å². The molecular formula is C32H48O9. The Hall–Kier alpha value is -1.52. The van der Waals surface area contributed by atoms with E-state index in [0.717, 1.165) is 50.5 Å². The maximum atomic E-state index is 12.7. The summed E-state index contributed by atoms with van der Waals surface area (Å²) in [4.78, 5) is 24.2. The standard InChI is InChI=1S/C32H48O9/c1-17-29(35)24(37-5)14-27(39-17)41-21-8-10-30(3)20(13-21)6-7-23-22(30)9-11-31(4)28(19-12-26(34)38-16-19)25(40-18(2)33)15-32(23,31)36/h12,17,20-25,27-29,35-36H,6-11,13-16H2,1-5H3/t17-,20+,21-,22+,23+,24+,25-,27-,28-,29+,30-,31+,32-/m0/s1. The van der Waals surface area contributed by atoms with Gasteiger partial charge in [-0.05, 0) is 80.6 Å². The van der Waals surface area contributed by atoms with Gasteiger partial charge in [0.25, 0.3) is 0 Å². The van der Waals surface area contributed by atoms with E-state index in [9.17, 15) is 19.8 Å². The van der Waals surface area contributed by atoms with Gasteiger partial charge < -0.3 is 33.9 Å². The van der Waals surface area contributed by atoms with Crippen molar-refractivity contribution in [3.8, 4) is 0 Å². The molecule has 1 saturated heterocycles. The van der Waals surface area contributed by atoms with E-state index in [1.807, 2.05) is 6.92 Å². The number of hydrogen-bond acceptors (Lipinski definition) is 9. The molecule has 9 heteroatoms. The summed E-state index contributed by atoms with van der Waals surface area (Å²) < 4.78 is 29.1. The molecule has 2 heterocycles. The summed E-state index contributed by atoms with van der Waals surface area (Å²) in [6.45, 7) is 8.06. The third-order valence-electron chi connectivity index (χ3n) is 12.5. The summed E-state index contributed by atoms with van der Waals surface area (Å²) in [5, 5.41) is 23.0. The highest BCUT2D eigenvalue weighted by Crippen LogP contribution is 2.70. The van der Waals surface area contributed by atoms with Crippen LogP contribution in [0.15, 0.2) is 11.6 Å². The van der Waals surface area contributed by atoms with Crippen molar-refractivity contribution in [2.45, 2.75) is 128 Å². The molecule has 6 rings (SSSR count). The molecule has 4 saturated carbocycles. The molecule has 0 radical (unpaired) electrons. The lowest BCUT2D eigenvalue weighted by molar-refractivity contribution is -0.273. The van der Waals surface area contributed by atoms with Gasteiger partial charge in [0.1, 0.15) is 18.8 Å². The van der Waals surface area contributed by atoms with Gasteiger partial charge in [-0.15, -0.1) is 0 Å². The summed E-state index contributed by atoms with van der Waals surface area (Å²) in [5.74, 6) is 0.0175. The van der Waals surface area contributed by atoms with Gasteiger partial charge in [-0.3, -0.25) is 4.79 Å². The third kappa shape index (κ3) is 4.69. The van der Waals surface area contributed by atoms with Gasteiger partial charge in [0.2, 0.25) is 0 Å². The monoisotopic (exact) mass is 576 g/mol. The Morgan fingerprint density at radius 2 is 1.85 bits per heavy atom. The number of hydrogen-bond donors (Lipinski definition) is 2. The Morgan fingerprint density at radius 1 is 1.07 bits per heavy atom. The van der Waals surface area contributed by atoms with Gasteiger partial charge in [0.15, 0.2) is 6.29 Å². The molecule has 230 valence electrons. The summed E-state index contributed by atoms with van der Waals surface area (Å²) in [6.07, 6.45) is 7.14. The second-order valence-electron chi connectivity index (χ2n) is 14.3. The molecule has 13 atom stereocenters. The summed E-state index contributed by atoms with van der Waals surface area (Å²) >= 11 is 0. The van der Waals surface area contributed by atoms with Gasteiger partial charge in [0, 0.05) is 44.3 Å². The van der Waals surface area contributed by atoms with E-state index in [2.05, 4.69) is 13.8 Å². The zero-order valence-corrected chi connectivity index (χ0v) is 25.2. The minimum absolute atomic E-state index is 0.0898. The number of aliphatic hydroxyl groups excluding tert-OH is 1. The van der Waals surface area contributed by atoms with Crippen LogP contribution in [0.4, 0.5) is 0 Å². The number of methoxy groups -OCH3 is 1. The van der Waals surface area contributed by atoms with Gasteiger partial charge in [-0.2, -0.15) is 0 Å². The number of rotatable bonds is 5. The lowest BCUT2D eigenvalue weighted by Gasteiger charge is -2.63. The molecule has 0 spiro atoms. The van der Waals surface area contributed by atoms with Crippen LogP contribution in [-0.4, -0.2) is 78.3 Å². The largest absolute Gasteiger partial charge is 0.462 e. The van der Waals surface area contributed by atoms with E-state index in [4.69, 9.17) is 23.7 Å². The average Bonchev–Trinajstić information content (AvgIpc) is 3.42. The normalized spacial score (nSPS) is 51.2. The second-order valence-corrected chi connectivity index (χ2v) is 14.3. The van der Waals surface area contributed by atoms with E-state index in [0.29, 0.717) is 24.7 Å². The molecule has 0 aromatic carbocycles. The molecule has 0 bridgehead atoms. The molecular weight excluding hydrogens is 528 g/mol. The van der Waals surface area contributed by atoms with Crippen LogP contribution in [0.2, 0.25) is 0 Å². The Kier molecular flexibility index (Phi) is 7.62. The SMILES string of the molecule is CO[C@@H]1C[C@H](O[C@H]2CC[C@@]3(C)[C@H](CC[C@@H]4[C@H]3CC[C@]3(C)[C@@H](C5=CC(=O)OC5)[C@@H](OC(C)=O)C[C@]43O)C2)O[C@@H](C)[C@H]1O. The Bertz CT molecular complexity index is 1080. The van der Waals surface area contributed by atoms with Gasteiger partial charge in [0.05, 0.1) is 23.9 Å². The molecule has 4 aliphatic carbocycles. The predicted octanol–water partition coefficient (Wildman–Crippen LogP) is 3.68. The molecule has 0 amide bonds. The number of fused-ring (bicyclic) bond motifs is 5. The highest BCUT2D eigenvalue weighted by molar-refractivity contribution is 5.85. The van der Waals surface area contributed by atoms with Gasteiger partial charge in [-0.1, -0.05) is 13.8 Å². The number of esters is 2. The lowest BCUT2D eigenvalue weighted by atomic mass is 9.43. The highest BCUT2D eigenvalue weighted by Gasteiger charge is 2.71. The van der Waals surface area contributed by atoms with Crippen LogP contribution >= 0.6 is 0 Å². The van der Waals surface area contributed by atoms with Gasteiger partial charge >= 0.3 is 11.9 Å². The average molecular weight is 577 g/mol. The van der Waals surface area contributed by atoms with Crippen LogP contribution < -0.4 is 0 Å². The fourth-order valence-electron chi connectivity index (χ4n) is 10.4. The maximum absolute atomic E-state index is 12.7. The van der Waals surface area contributed by atoms with Crippen LogP contribution in [0.3, 0.4) is 0 Å². The first-order chi connectivity index (χ1) is 19.4. The van der Waals surface area contributed by atoms with Crippen LogP contribution in [-0.2, 0) is 33.3 Å². The highest BCUT2D eigenvalue weighted by atomic mass is 16.7. The van der Waals surface area contributed by atoms with E-state index in [1.165, 1.54) is 6.92 Å². The quantitative estimate of drug-likeness (QED) is 0.373. The van der Waals surface area contributed by atoms with E-state index >= 15 is 0 Å². The molecule has 6 aliphatic rings. The topological polar surface area (TPSA) is 121 Å². The van der Waals surface area contributed by atoms with Crippen molar-refractivity contribution < 1.29 is 43.5 Å². The number of carbonyl (C=O) groups excluding carboxylic acids is 2. The molecule has 5 fully saturated rings. The van der Waals surface area contributed by atoms with Crippen LogP contribution in [0.5, 0.6) is 0 Å². The van der Waals surface area contributed by atoms with E-state index < -0.39 is 23.2 Å². The summed E-state index contributed by atoms with van der Waals surface area (Å²) in [7, 11) is 1.62. The molecule has 0 unspecified atom stereocenters. The van der Waals surface area contributed by atoms with Crippen molar-refractivity contribution >= 4 is 11.9 Å². The molecule has 41 heavy (non-hydrogen) atoms. The number of aliphatic hydroxyl groups is 2. The van der Waals surface area contributed by atoms with Crippen molar-refractivity contribution in [1.82, 2.24) is 0 Å². The minimum Gasteiger partial charge on any atom is -0.462 e. The molecule has 2 aliphatic heterocycles. The molecule has 0 aromatic rings. The first-order valence-electron chi connectivity index (χ1n) is 15.7. The zero-order valence-electron chi connectivity index (χ0n) is 25.2. The van der Waals surface area contributed by atoms with Crippen molar-refractivity contribution in [3.05, 3.63) is 11.6 Å². The molecule has 9 nitrogen and oxygen atoms in total. The minimum atomic E-state index is -0.990. The summed E-state index contributed by atoms with van der Waals surface area (Å²) in [5.41, 5.74) is -0.559. The smallest absolute Gasteiger partial charge is 0.331 e. The second kappa shape index (κ2) is 10.6. The van der Waals surface area contributed by atoms with Crippen molar-refractivity contribution in [2.24, 2.45) is 34.5 Å². The Balaban J connectivity index is 1.19. The number of carbonyl (C=O) groups is 2. The van der Waals surface area contributed by atoms with Crippen LogP contribution in [0.1, 0.15) is 85.5 Å². The predicted molar refractivity (Wildman–Crippen MR) is 147 cm³/mol. The van der Waals surface area contributed by atoms with Crippen molar-refractivity contribution in [3.63, 3.8) is 0 Å². The zero-order chi connectivity index (χ0) is 29.3. The van der Waals surface area contributed by atoms with Gasteiger partial charge in [-0.25, -0.2) is 4.79 Å². The fraction of sp³-hybridized carbons (Fsp3) is 0.875. The lowest BCUT2D eigenvalue weighted by Crippen LogP contribution is -2.62. The Morgan fingerprint density at radius 3 is 2.54 bits per heavy atom. The van der Waals surface area contributed by atoms with Crippen LogP contribution in [0, 0.1) is 34.5 Å². The number of ether oxygens (including phenoxy) is 5. The summed E-state index contributed by atoms with van der Waals surface area (Å²) in [6, 6.07) is 0. The maximum Gasteiger partial charge on any atom is 0.331 e. The first kappa shape index (κ1) is 29.5. The molecule has 0 aromatic heterocycles. The first-order valence-corrected chi connectivity index (χ1v) is 15.7. The molecule has 2 N–H and O–H groups in total. The van der Waals surface area contributed by atoms with Crippen molar-refractivity contribution in [2.75, 3.05) is 13.7 Å². The van der Waals surface area contributed by atoms with E-state index in [-0.39, 0.29) is 60.4 Å². The third-order valence-corrected chi connectivity index (χ3v) is 12.5. The van der Waals surface area contributed by atoms with E-state index in [1.54, 1.807) is 13.2 Å². The number of cyclic esters (lactones) is 1. The van der Waals surface area contributed by atoms with Crippen molar-refractivity contribution in [1.29, 1.82) is 0 Å². The fourth-order valence-corrected chi connectivity index (χ4v) is 10.4.